The van der Waals surface area contributed by atoms with Crippen LogP contribution in [0.15, 0.2) is 73.1 Å². The van der Waals surface area contributed by atoms with Crippen molar-refractivity contribution in [2.75, 3.05) is 20.1 Å². The number of amides is 2. The van der Waals surface area contributed by atoms with Gasteiger partial charge < -0.3 is 14.8 Å². The predicted octanol–water partition coefficient (Wildman–Crippen LogP) is 4.06. The third kappa shape index (κ3) is 3.89. The number of hydrogen-bond donors (Lipinski definition) is 1. The molecule has 0 aliphatic carbocycles. The number of para-hydroxylation sites is 1. The Hall–Kier alpha value is -3.93. The first-order chi connectivity index (χ1) is 16.0. The summed E-state index contributed by atoms with van der Waals surface area (Å²) in [6, 6.07) is 19.4. The monoisotopic (exact) mass is 438 g/mol. The van der Waals surface area contributed by atoms with Gasteiger partial charge in [-0.25, -0.2) is 0 Å². The zero-order valence-corrected chi connectivity index (χ0v) is 18.8. The SMILES string of the molecule is Cc1c(C(=O)N2CCN(C)C(=O)[C@H]2Cc2ccc(-c3cccnc3)cc2)[nH]c2ccccc12. The van der Waals surface area contributed by atoms with Gasteiger partial charge in [0, 0.05) is 49.9 Å². The van der Waals surface area contributed by atoms with Crippen LogP contribution < -0.4 is 0 Å². The van der Waals surface area contributed by atoms with Crippen molar-refractivity contribution in [2.45, 2.75) is 19.4 Å². The first-order valence-electron chi connectivity index (χ1n) is 11.2. The molecule has 0 unspecified atom stereocenters. The molecule has 33 heavy (non-hydrogen) atoms. The van der Waals surface area contributed by atoms with E-state index in [1.54, 1.807) is 23.0 Å². The molecule has 1 atom stereocenters. The molecule has 0 radical (unpaired) electrons. The first kappa shape index (κ1) is 20.9. The highest BCUT2D eigenvalue weighted by Crippen LogP contribution is 2.26. The number of nitrogens with zero attached hydrogens (tertiary/aromatic N) is 3. The Labute approximate surface area is 192 Å². The number of aromatic amines is 1. The molecule has 6 nitrogen and oxygen atoms in total. The van der Waals surface area contributed by atoms with Crippen LogP contribution in [0.1, 0.15) is 21.6 Å². The Morgan fingerprint density at radius 1 is 1.03 bits per heavy atom. The quantitative estimate of drug-likeness (QED) is 0.522. The molecule has 2 aromatic heterocycles. The lowest BCUT2D eigenvalue weighted by atomic mass is 9.98. The average Bonchev–Trinajstić information content (AvgIpc) is 3.19. The zero-order valence-electron chi connectivity index (χ0n) is 18.8. The van der Waals surface area contributed by atoms with Crippen LogP contribution in [-0.4, -0.2) is 57.8 Å². The van der Waals surface area contributed by atoms with Crippen molar-refractivity contribution in [3.05, 3.63) is 89.9 Å². The molecule has 1 N–H and O–H groups in total. The second-order valence-electron chi connectivity index (χ2n) is 8.59. The van der Waals surface area contributed by atoms with Gasteiger partial charge in [-0.3, -0.25) is 14.6 Å². The Morgan fingerprint density at radius 3 is 2.55 bits per heavy atom. The van der Waals surface area contributed by atoms with Gasteiger partial charge in [-0.2, -0.15) is 0 Å². The number of carbonyl (C=O) groups is 2. The number of hydrogen-bond acceptors (Lipinski definition) is 3. The standard InChI is InChI=1S/C27H26N4O2/c1-18-22-7-3-4-8-23(22)29-25(18)27(33)31-15-14-30(2)26(32)24(31)16-19-9-11-20(12-10-19)21-6-5-13-28-17-21/h3-13,17,24,29H,14-16H2,1-2H3/t24-/m1/s1. The predicted molar refractivity (Wildman–Crippen MR) is 129 cm³/mol. The minimum Gasteiger partial charge on any atom is -0.350 e. The smallest absolute Gasteiger partial charge is 0.271 e. The van der Waals surface area contributed by atoms with Crippen molar-refractivity contribution in [3.8, 4) is 11.1 Å². The third-order valence-corrected chi connectivity index (χ3v) is 6.53. The molecule has 6 heteroatoms. The number of pyridine rings is 1. The molecule has 2 amide bonds. The largest absolute Gasteiger partial charge is 0.350 e. The lowest BCUT2D eigenvalue weighted by Crippen LogP contribution is -2.58. The van der Waals surface area contributed by atoms with Gasteiger partial charge >= 0.3 is 0 Å². The first-order valence-corrected chi connectivity index (χ1v) is 11.2. The summed E-state index contributed by atoms with van der Waals surface area (Å²) in [6.07, 6.45) is 4.06. The van der Waals surface area contributed by atoms with Crippen LogP contribution >= 0.6 is 0 Å². The fraction of sp³-hybridized carbons (Fsp3) is 0.222. The summed E-state index contributed by atoms with van der Waals surface area (Å²) in [5.41, 5.74) is 5.54. The molecular weight excluding hydrogens is 412 g/mol. The lowest BCUT2D eigenvalue weighted by Gasteiger charge is -2.39. The second-order valence-corrected chi connectivity index (χ2v) is 8.59. The number of nitrogens with one attached hydrogen (secondary N) is 1. The molecule has 2 aromatic carbocycles. The van der Waals surface area contributed by atoms with Gasteiger partial charge in [0.2, 0.25) is 5.91 Å². The molecule has 166 valence electrons. The van der Waals surface area contributed by atoms with Gasteiger partial charge in [0.25, 0.3) is 5.91 Å². The summed E-state index contributed by atoms with van der Waals surface area (Å²) in [4.78, 5) is 37.6. The van der Waals surface area contributed by atoms with E-state index in [4.69, 9.17) is 0 Å². The lowest BCUT2D eigenvalue weighted by molar-refractivity contribution is -0.138. The van der Waals surface area contributed by atoms with Crippen molar-refractivity contribution in [1.82, 2.24) is 19.8 Å². The van der Waals surface area contributed by atoms with Crippen LogP contribution in [0.5, 0.6) is 0 Å². The molecule has 0 bridgehead atoms. The number of fused-ring (bicyclic) bond motifs is 1. The van der Waals surface area contributed by atoms with E-state index in [-0.39, 0.29) is 11.8 Å². The molecule has 3 heterocycles. The molecule has 1 saturated heterocycles. The number of benzene rings is 2. The highest BCUT2D eigenvalue weighted by Gasteiger charge is 2.37. The van der Waals surface area contributed by atoms with Crippen molar-refractivity contribution in [2.24, 2.45) is 0 Å². The van der Waals surface area contributed by atoms with E-state index >= 15 is 0 Å². The van der Waals surface area contributed by atoms with E-state index in [1.165, 1.54) is 0 Å². The maximum atomic E-state index is 13.6. The van der Waals surface area contributed by atoms with Gasteiger partial charge in [-0.1, -0.05) is 48.5 Å². The van der Waals surface area contributed by atoms with Crippen LogP contribution in [0.3, 0.4) is 0 Å². The van der Waals surface area contributed by atoms with Crippen molar-refractivity contribution in [3.63, 3.8) is 0 Å². The topological polar surface area (TPSA) is 69.3 Å². The molecule has 1 aliphatic rings. The molecule has 5 rings (SSSR count). The van der Waals surface area contributed by atoms with E-state index in [1.807, 2.05) is 73.8 Å². The zero-order chi connectivity index (χ0) is 22.9. The van der Waals surface area contributed by atoms with E-state index in [2.05, 4.69) is 9.97 Å². The Morgan fingerprint density at radius 2 is 1.82 bits per heavy atom. The maximum Gasteiger partial charge on any atom is 0.271 e. The minimum absolute atomic E-state index is 0.0281. The van der Waals surface area contributed by atoms with Gasteiger partial charge in [0.05, 0.1) is 0 Å². The molecule has 1 fully saturated rings. The number of piperazine rings is 1. The fourth-order valence-electron chi connectivity index (χ4n) is 4.58. The van der Waals surface area contributed by atoms with E-state index in [0.29, 0.717) is 25.2 Å². The van der Waals surface area contributed by atoms with Crippen LogP contribution in [0.4, 0.5) is 0 Å². The van der Waals surface area contributed by atoms with Gasteiger partial charge in [-0.15, -0.1) is 0 Å². The molecule has 4 aromatic rings. The van der Waals surface area contributed by atoms with Crippen molar-refractivity contribution < 1.29 is 9.59 Å². The average molecular weight is 439 g/mol. The number of H-pyrrole nitrogens is 1. The van der Waals surface area contributed by atoms with Crippen LogP contribution in [0.2, 0.25) is 0 Å². The van der Waals surface area contributed by atoms with E-state index in [0.717, 1.165) is 33.2 Å². The summed E-state index contributed by atoms with van der Waals surface area (Å²) in [5, 5.41) is 1.03. The number of aryl methyl sites for hydroxylation is 1. The summed E-state index contributed by atoms with van der Waals surface area (Å²) in [6.45, 7) is 2.99. The highest BCUT2D eigenvalue weighted by atomic mass is 16.2. The fourth-order valence-corrected chi connectivity index (χ4v) is 4.58. The summed E-state index contributed by atoms with van der Waals surface area (Å²) in [5.74, 6) is -0.151. The summed E-state index contributed by atoms with van der Waals surface area (Å²) in [7, 11) is 1.80. The Balaban J connectivity index is 1.43. The Bertz CT molecular complexity index is 1310. The van der Waals surface area contributed by atoms with Gasteiger partial charge in [0.1, 0.15) is 11.7 Å². The number of rotatable bonds is 4. The van der Waals surface area contributed by atoms with Gasteiger partial charge in [-0.05, 0) is 41.3 Å². The van der Waals surface area contributed by atoms with E-state index < -0.39 is 6.04 Å². The molecule has 0 spiro atoms. The highest BCUT2D eigenvalue weighted by molar-refractivity contribution is 6.03. The normalized spacial score (nSPS) is 16.4. The van der Waals surface area contributed by atoms with Crippen LogP contribution in [0, 0.1) is 6.92 Å². The van der Waals surface area contributed by atoms with Crippen molar-refractivity contribution in [1.29, 1.82) is 0 Å². The van der Waals surface area contributed by atoms with E-state index in [9.17, 15) is 9.59 Å². The van der Waals surface area contributed by atoms with Crippen molar-refractivity contribution >= 4 is 22.7 Å². The van der Waals surface area contributed by atoms with Gasteiger partial charge in [0.15, 0.2) is 0 Å². The maximum absolute atomic E-state index is 13.6. The van der Waals surface area contributed by atoms with Crippen LogP contribution in [-0.2, 0) is 11.2 Å². The number of likely N-dealkylation sites (N-methyl/N-ethyl adjacent to an activating group) is 1. The molecular formula is C27H26N4O2. The summed E-state index contributed by atoms with van der Waals surface area (Å²) >= 11 is 0. The minimum atomic E-state index is -0.536. The molecule has 1 aliphatic heterocycles. The third-order valence-electron chi connectivity index (χ3n) is 6.53. The Kier molecular flexibility index (Phi) is 5.42. The number of aromatic nitrogens is 2. The summed E-state index contributed by atoms with van der Waals surface area (Å²) < 4.78 is 0. The molecule has 0 saturated carbocycles. The number of carbonyl (C=O) groups excluding carboxylic acids is 2. The van der Waals surface area contributed by atoms with Crippen LogP contribution in [0.25, 0.3) is 22.0 Å². The second kappa shape index (κ2) is 8.54.